The lowest BCUT2D eigenvalue weighted by Crippen LogP contribution is -1.92. The first kappa shape index (κ1) is 12.1. The number of thiophene rings is 1. The second-order valence-electron chi connectivity index (χ2n) is 3.75. The summed E-state index contributed by atoms with van der Waals surface area (Å²) in [5.41, 5.74) is 0. The Balaban J connectivity index is 2.48. The van der Waals surface area contributed by atoms with Crippen molar-refractivity contribution in [2.45, 2.75) is 37.6 Å². The van der Waals surface area contributed by atoms with Gasteiger partial charge in [-0.1, -0.05) is 44.1 Å². The molecule has 0 aliphatic heterocycles. The number of hydrogen-bond donors (Lipinski definition) is 0. The van der Waals surface area contributed by atoms with Crippen LogP contribution in [-0.4, -0.2) is 15.2 Å². The quantitative estimate of drug-likeness (QED) is 0.470. The van der Waals surface area contributed by atoms with Crippen LogP contribution < -0.4 is 0 Å². The van der Waals surface area contributed by atoms with E-state index >= 15 is 0 Å². The molecule has 5 heteroatoms. The highest BCUT2D eigenvalue weighted by Crippen LogP contribution is 2.31. The zero-order chi connectivity index (χ0) is 11.7. The summed E-state index contributed by atoms with van der Waals surface area (Å²) in [6.07, 6.45) is 1.02. The van der Waals surface area contributed by atoms with E-state index in [2.05, 4.69) is 36.8 Å². The molecule has 0 spiro atoms. The van der Waals surface area contributed by atoms with Crippen LogP contribution in [0.15, 0.2) is 11.2 Å². The highest BCUT2D eigenvalue weighted by Gasteiger charge is 2.10. The van der Waals surface area contributed by atoms with E-state index in [1.165, 1.54) is 4.88 Å². The van der Waals surface area contributed by atoms with Crippen molar-refractivity contribution in [1.82, 2.24) is 9.97 Å². The van der Waals surface area contributed by atoms with Crippen LogP contribution >= 0.6 is 34.7 Å². The minimum absolute atomic E-state index is 0.471. The summed E-state index contributed by atoms with van der Waals surface area (Å²) in [5.74, 6) is 0. The molecule has 0 bridgehead atoms. The van der Waals surface area contributed by atoms with Gasteiger partial charge in [-0.05, 0) is 12.5 Å². The van der Waals surface area contributed by atoms with Crippen molar-refractivity contribution >= 4 is 44.9 Å². The Labute approximate surface area is 108 Å². The van der Waals surface area contributed by atoms with E-state index in [1.807, 2.05) is 0 Å². The van der Waals surface area contributed by atoms with Crippen LogP contribution in [0.2, 0.25) is 5.15 Å². The highest BCUT2D eigenvalue weighted by molar-refractivity contribution is 7.99. The molecule has 2 rings (SSSR count). The molecule has 0 N–H and O–H groups in total. The van der Waals surface area contributed by atoms with Crippen LogP contribution in [0.5, 0.6) is 0 Å². The van der Waals surface area contributed by atoms with Gasteiger partial charge in [-0.3, -0.25) is 0 Å². The molecule has 0 aliphatic carbocycles. The summed E-state index contributed by atoms with van der Waals surface area (Å²) >= 11 is 9.51. The number of fused-ring (bicyclic) bond motifs is 1. The van der Waals surface area contributed by atoms with Gasteiger partial charge in [0.1, 0.15) is 9.98 Å². The first-order valence-electron chi connectivity index (χ1n) is 5.22. The summed E-state index contributed by atoms with van der Waals surface area (Å²) < 4.78 is 0. The van der Waals surface area contributed by atoms with Gasteiger partial charge in [-0.15, -0.1) is 11.3 Å². The Bertz CT molecular complexity index is 508. The highest BCUT2D eigenvalue weighted by atomic mass is 35.5. The Hall–Kier alpha value is -0.320. The van der Waals surface area contributed by atoms with Gasteiger partial charge < -0.3 is 0 Å². The second kappa shape index (κ2) is 4.90. The third kappa shape index (κ3) is 2.50. The van der Waals surface area contributed by atoms with Gasteiger partial charge in [-0.2, -0.15) is 0 Å². The summed E-state index contributed by atoms with van der Waals surface area (Å²) in [6, 6.07) is 2.09. The maximum atomic E-state index is 6.16. The first-order chi connectivity index (χ1) is 7.60. The summed E-state index contributed by atoms with van der Waals surface area (Å²) in [7, 11) is 0. The fourth-order valence-corrected chi connectivity index (χ4v) is 3.42. The van der Waals surface area contributed by atoms with Crippen molar-refractivity contribution in [3.63, 3.8) is 0 Å². The molecule has 0 atom stereocenters. The largest absolute Gasteiger partial charge is 0.211 e. The summed E-state index contributed by atoms with van der Waals surface area (Å²) in [6.45, 7) is 6.38. The predicted octanol–water partition coefficient (Wildman–Crippen LogP) is 4.41. The van der Waals surface area contributed by atoms with Gasteiger partial charge in [-0.25, -0.2) is 9.97 Å². The van der Waals surface area contributed by atoms with E-state index in [0.717, 1.165) is 21.8 Å². The molecule has 86 valence electrons. The van der Waals surface area contributed by atoms with E-state index < -0.39 is 0 Å². The van der Waals surface area contributed by atoms with Crippen LogP contribution in [0, 0.1) is 0 Å². The molecule has 0 radical (unpaired) electrons. The monoisotopic (exact) mass is 272 g/mol. The van der Waals surface area contributed by atoms with Crippen molar-refractivity contribution in [2.24, 2.45) is 0 Å². The summed E-state index contributed by atoms with van der Waals surface area (Å²) in [5, 5.41) is 2.80. The second-order valence-corrected chi connectivity index (χ2v) is 6.77. The van der Waals surface area contributed by atoms with Gasteiger partial charge in [0.05, 0.1) is 0 Å². The molecule has 16 heavy (non-hydrogen) atoms. The van der Waals surface area contributed by atoms with E-state index in [1.54, 1.807) is 23.1 Å². The maximum absolute atomic E-state index is 6.16. The zero-order valence-electron chi connectivity index (χ0n) is 9.45. The molecule has 0 fully saturated rings. The lowest BCUT2D eigenvalue weighted by molar-refractivity contribution is 0.990. The standard InChI is InChI=1S/C11H13ClN2S2/c1-4-7-5-8-9(12)13-11(15-6(2)3)14-10(8)16-7/h5-6H,4H2,1-3H3. The zero-order valence-corrected chi connectivity index (χ0v) is 11.8. The fourth-order valence-electron chi connectivity index (χ4n) is 1.36. The number of nitrogens with zero attached hydrogens (tertiary/aromatic N) is 2. The van der Waals surface area contributed by atoms with Crippen LogP contribution in [0.1, 0.15) is 25.6 Å². The molecule has 0 unspecified atom stereocenters. The molecule has 2 aromatic rings. The molecule has 2 heterocycles. The number of thioether (sulfide) groups is 1. The van der Waals surface area contributed by atoms with Crippen molar-refractivity contribution in [2.75, 3.05) is 0 Å². The topological polar surface area (TPSA) is 25.8 Å². The number of halogens is 1. The average Bonchev–Trinajstić information content (AvgIpc) is 2.60. The smallest absolute Gasteiger partial charge is 0.190 e. The van der Waals surface area contributed by atoms with Gasteiger partial charge in [0.15, 0.2) is 5.16 Å². The van der Waals surface area contributed by atoms with Crippen LogP contribution in [0.25, 0.3) is 10.2 Å². The molecule has 2 nitrogen and oxygen atoms in total. The number of rotatable bonds is 3. The van der Waals surface area contributed by atoms with E-state index in [9.17, 15) is 0 Å². The maximum Gasteiger partial charge on any atom is 0.190 e. The molecule has 0 amide bonds. The van der Waals surface area contributed by atoms with Crippen molar-refractivity contribution in [3.05, 3.63) is 16.1 Å². The molecule has 2 aromatic heterocycles. The van der Waals surface area contributed by atoms with Gasteiger partial charge >= 0.3 is 0 Å². The van der Waals surface area contributed by atoms with Gasteiger partial charge in [0.25, 0.3) is 0 Å². The Kier molecular flexibility index (Phi) is 3.72. The molecule has 0 saturated carbocycles. The minimum Gasteiger partial charge on any atom is -0.211 e. The van der Waals surface area contributed by atoms with Gasteiger partial charge in [0.2, 0.25) is 0 Å². The van der Waals surface area contributed by atoms with Gasteiger partial charge in [0, 0.05) is 15.5 Å². The lowest BCUT2D eigenvalue weighted by atomic mass is 10.3. The van der Waals surface area contributed by atoms with E-state index in [4.69, 9.17) is 11.6 Å². The molecule has 0 saturated heterocycles. The molecule has 0 aromatic carbocycles. The van der Waals surface area contributed by atoms with Crippen molar-refractivity contribution in [3.8, 4) is 0 Å². The molecular formula is C11H13ClN2S2. The Morgan fingerprint density at radius 3 is 2.81 bits per heavy atom. The van der Waals surface area contributed by atoms with Crippen LogP contribution in [-0.2, 0) is 6.42 Å². The Morgan fingerprint density at radius 1 is 1.44 bits per heavy atom. The van der Waals surface area contributed by atoms with Crippen molar-refractivity contribution < 1.29 is 0 Å². The first-order valence-corrected chi connectivity index (χ1v) is 7.30. The average molecular weight is 273 g/mol. The number of aryl methyl sites for hydroxylation is 1. The normalized spacial score (nSPS) is 11.6. The fraction of sp³-hybridized carbons (Fsp3) is 0.455. The molecule has 0 aliphatic rings. The minimum atomic E-state index is 0.471. The summed E-state index contributed by atoms with van der Waals surface area (Å²) in [4.78, 5) is 11.1. The SMILES string of the molecule is CCc1cc2c(Cl)nc(SC(C)C)nc2s1. The lowest BCUT2D eigenvalue weighted by Gasteiger charge is -2.03. The molecular weight excluding hydrogens is 260 g/mol. The Morgan fingerprint density at radius 2 is 2.19 bits per heavy atom. The van der Waals surface area contributed by atoms with E-state index in [-0.39, 0.29) is 0 Å². The predicted molar refractivity (Wildman–Crippen MR) is 72.8 cm³/mol. The van der Waals surface area contributed by atoms with Crippen LogP contribution in [0.4, 0.5) is 0 Å². The number of aromatic nitrogens is 2. The third-order valence-electron chi connectivity index (χ3n) is 2.07. The van der Waals surface area contributed by atoms with E-state index in [0.29, 0.717) is 10.4 Å². The number of hydrogen-bond acceptors (Lipinski definition) is 4. The van der Waals surface area contributed by atoms with Crippen LogP contribution in [0.3, 0.4) is 0 Å². The third-order valence-corrected chi connectivity index (χ3v) is 4.39. The van der Waals surface area contributed by atoms with Crippen molar-refractivity contribution in [1.29, 1.82) is 0 Å².